The van der Waals surface area contributed by atoms with Crippen molar-refractivity contribution in [2.45, 2.75) is 0 Å². The lowest BCUT2D eigenvalue weighted by Gasteiger charge is -2.09. The Hall–Kier alpha value is -2.86. The maximum atomic E-state index is 12.3. The lowest BCUT2D eigenvalue weighted by Crippen LogP contribution is -2.13. The highest BCUT2D eigenvalue weighted by atomic mass is 35.5. The summed E-state index contributed by atoms with van der Waals surface area (Å²) in [6, 6.07) is 8.48. The first-order valence-electron chi connectivity index (χ1n) is 6.76. The second-order valence-electron chi connectivity index (χ2n) is 4.67. The van der Waals surface area contributed by atoms with Gasteiger partial charge in [-0.05, 0) is 24.3 Å². The van der Waals surface area contributed by atoms with Gasteiger partial charge in [-0.3, -0.25) is 9.36 Å². The molecule has 0 atom stereocenters. The van der Waals surface area contributed by atoms with Crippen LogP contribution >= 0.6 is 11.6 Å². The summed E-state index contributed by atoms with van der Waals surface area (Å²) in [6.45, 7) is 0. The van der Waals surface area contributed by atoms with E-state index in [1.54, 1.807) is 60.7 Å². The average molecular weight is 329 g/mol. The Bertz CT molecular complexity index is 817. The van der Waals surface area contributed by atoms with Crippen molar-refractivity contribution in [1.29, 1.82) is 0 Å². The van der Waals surface area contributed by atoms with Crippen molar-refractivity contribution in [1.82, 2.24) is 14.5 Å². The number of anilines is 1. The van der Waals surface area contributed by atoms with Crippen molar-refractivity contribution in [2.75, 3.05) is 12.4 Å². The summed E-state index contributed by atoms with van der Waals surface area (Å²) in [5, 5.41) is 3.15. The maximum Gasteiger partial charge on any atom is 0.257 e. The minimum Gasteiger partial charge on any atom is -0.497 e. The second-order valence-corrected chi connectivity index (χ2v) is 5.08. The first kappa shape index (κ1) is 15.1. The third-order valence-electron chi connectivity index (χ3n) is 3.20. The van der Waals surface area contributed by atoms with Gasteiger partial charge in [-0.2, -0.15) is 0 Å². The third kappa shape index (κ3) is 3.32. The van der Waals surface area contributed by atoms with Gasteiger partial charge < -0.3 is 10.1 Å². The summed E-state index contributed by atoms with van der Waals surface area (Å²) >= 11 is 6.11. The monoisotopic (exact) mass is 328 g/mol. The summed E-state index contributed by atoms with van der Waals surface area (Å²) < 4.78 is 6.83. The smallest absolute Gasteiger partial charge is 0.257 e. The number of hydrogen-bond acceptors (Lipinski definition) is 4. The molecule has 6 nitrogen and oxygen atoms in total. The van der Waals surface area contributed by atoms with Gasteiger partial charge >= 0.3 is 0 Å². The highest BCUT2D eigenvalue weighted by Gasteiger charge is 2.10. The molecular weight excluding hydrogens is 316 g/mol. The Labute approximate surface area is 137 Å². The van der Waals surface area contributed by atoms with Crippen LogP contribution in [0.4, 0.5) is 5.69 Å². The van der Waals surface area contributed by atoms with Crippen LogP contribution in [0.5, 0.6) is 5.75 Å². The molecule has 0 bridgehead atoms. The molecule has 0 saturated heterocycles. The van der Waals surface area contributed by atoms with Crippen LogP contribution in [0.1, 0.15) is 10.4 Å². The van der Waals surface area contributed by atoms with Crippen molar-refractivity contribution < 1.29 is 9.53 Å². The second kappa shape index (κ2) is 6.50. The van der Waals surface area contributed by atoms with Crippen LogP contribution in [-0.2, 0) is 0 Å². The van der Waals surface area contributed by atoms with Crippen molar-refractivity contribution in [3.8, 4) is 11.6 Å². The Balaban J connectivity index is 1.76. The van der Waals surface area contributed by atoms with Crippen LogP contribution in [0, 0.1) is 0 Å². The van der Waals surface area contributed by atoms with Crippen LogP contribution < -0.4 is 10.1 Å². The fraction of sp³-hybridized carbons (Fsp3) is 0.0625. The Morgan fingerprint density at radius 1 is 1.30 bits per heavy atom. The lowest BCUT2D eigenvalue weighted by molar-refractivity contribution is 0.102. The number of aromatic nitrogens is 3. The lowest BCUT2D eigenvalue weighted by atomic mass is 10.2. The topological polar surface area (TPSA) is 69.0 Å². The van der Waals surface area contributed by atoms with E-state index < -0.39 is 0 Å². The number of ether oxygens (including phenoxy) is 1. The summed E-state index contributed by atoms with van der Waals surface area (Å²) in [7, 11) is 1.55. The van der Waals surface area contributed by atoms with Gasteiger partial charge in [0.05, 0.1) is 23.4 Å². The number of methoxy groups -OCH3 is 1. The number of nitrogens with one attached hydrogen (secondary N) is 1. The number of imidazole rings is 1. The van der Waals surface area contributed by atoms with Crippen molar-refractivity contribution >= 4 is 23.2 Å². The number of benzene rings is 1. The highest BCUT2D eigenvalue weighted by Crippen LogP contribution is 2.27. The third-order valence-corrected chi connectivity index (χ3v) is 3.52. The van der Waals surface area contributed by atoms with E-state index in [2.05, 4.69) is 15.3 Å². The standard InChI is InChI=1S/C16H13ClN4O2/c1-23-12-3-4-14(13(17)8-12)20-16(22)11-2-5-15(19-9-11)21-7-6-18-10-21/h2-10H,1H3,(H,20,22). The van der Waals surface area contributed by atoms with Gasteiger partial charge in [0.15, 0.2) is 0 Å². The minimum absolute atomic E-state index is 0.290. The Morgan fingerprint density at radius 3 is 2.78 bits per heavy atom. The van der Waals surface area contributed by atoms with E-state index in [-0.39, 0.29) is 5.91 Å². The van der Waals surface area contributed by atoms with E-state index in [4.69, 9.17) is 16.3 Å². The molecule has 0 unspecified atom stereocenters. The average Bonchev–Trinajstić information content (AvgIpc) is 3.11. The molecule has 3 rings (SSSR count). The zero-order chi connectivity index (χ0) is 16.2. The molecule has 0 aliphatic heterocycles. The Kier molecular flexibility index (Phi) is 4.25. The number of halogens is 1. The first-order valence-corrected chi connectivity index (χ1v) is 7.14. The molecule has 3 aromatic rings. The molecule has 0 aliphatic rings. The molecular formula is C16H13ClN4O2. The van der Waals surface area contributed by atoms with Gasteiger partial charge in [0.25, 0.3) is 5.91 Å². The number of amides is 1. The predicted molar refractivity (Wildman–Crippen MR) is 87.3 cm³/mol. The number of hydrogen-bond donors (Lipinski definition) is 1. The van der Waals surface area contributed by atoms with Gasteiger partial charge in [0.1, 0.15) is 17.9 Å². The van der Waals surface area contributed by atoms with Gasteiger partial charge in [0, 0.05) is 24.7 Å². The first-order chi connectivity index (χ1) is 11.2. The number of pyridine rings is 1. The molecule has 0 radical (unpaired) electrons. The Morgan fingerprint density at radius 2 is 2.17 bits per heavy atom. The zero-order valence-electron chi connectivity index (χ0n) is 12.2. The summed E-state index contributed by atoms with van der Waals surface area (Å²) in [5.74, 6) is 1.02. The van der Waals surface area contributed by atoms with E-state index >= 15 is 0 Å². The fourth-order valence-electron chi connectivity index (χ4n) is 1.99. The van der Waals surface area contributed by atoms with E-state index in [0.717, 1.165) is 0 Å². The van der Waals surface area contributed by atoms with E-state index in [1.165, 1.54) is 6.20 Å². The fourth-order valence-corrected chi connectivity index (χ4v) is 2.20. The maximum absolute atomic E-state index is 12.3. The van der Waals surface area contributed by atoms with Gasteiger partial charge in [-0.1, -0.05) is 11.6 Å². The van der Waals surface area contributed by atoms with Crippen molar-refractivity contribution in [3.63, 3.8) is 0 Å². The quantitative estimate of drug-likeness (QED) is 0.798. The number of carbonyl (C=O) groups is 1. The molecule has 2 aromatic heterocycles. The van der Waals surface area contributed by atoms with E-state index in [1.807, 2.05) is 0 Å². The molecule has 23 heavy (non-hydrogen) atoms. The molecule has 7 heteroatoms. The highest BCUT2D eigenvalue weighted by molar-refractivity contribution is 6.34. The number of carbonyl (C=O) groups excluding carboxylic acids is 1. The van der Waals surface area contributed by atoms with Gasteiger partial charge in [-0.25, -0.2) is 9.97 Å². The van der Waals surface area contributed by atoms with Crippen LogP contribution in [-0.4, -0.2) is 27.6 Å². The molecule has 1 amide bonds. The predicted octanol–water partition coefficient (Wildman–Crippen LogP) is 3.18. The van der Waals surface area contributed by atoms with E-state index in [0.29, 0.717) is 27.8 Å². The van der Waals surface area contributed by atoms with Crippen molar-refractivity contribution in [3.05, 3.63) is 65.8 Å². The van der Waals surface area contributed by atoms with Crippen LogP contribution in [0.3, 0.4) is 0 Å². The molecule has 1 aromatic carbocycles. The molecule has 0 fully saturated rings. The summed E-state index contributed by atoms with van der Waals surface area (Å²) in [6.07, 6.45) is 6.58. The zero-order valence-corrected chi connectivity index (χ0v) is 13.0. The van der Waals surface area contributed by atoms with Crippen LogP contribution in [0.2, 0.25) is 5.02 Å². The molecule has 0 spiro atoms. The van der Waals surface area contributed by atoms with Gasteiger partial charge in [0.2, 0.25) is 0 Å². The normalized spacial score (nSPS) is 10.3. The number of nitrogens with zero attached hydrogens (tertiary/aromatic N) is 3. The van der Waals surface area contributed by atoms with Crippen LogP contribution in [0.15, 0.2) is 55.2 Å². The summed E-state index contributed by atoms with van der Waals surface area (Å²) in [4.78, 5) is 20.5. The van der Waals surface area contributed by atoms with Crippen LogP contribution in [0.25, 0.3) is 5.82 Å². The molecule has 0 saturated carbocycles. The largest absolute Gasteiger partial charge is 0.497 e. The minimum atomic E-state index is -0.290. The molecule has 1 N–H and O–H groups in total. The summed E-state index contributed by atoms with van der Waals surface area (Å²) in [5.41, 5.74) is 0.942. The van der Waals surface area contributed by atoms with Gasteiger partial charge in [-0.15, -0.1) is 0 Å². The molecule has 0 aliphatic carbocycles. The van der Waals surface area contributed by atoms with Crippen molar-refractivity contribution in [2.24, 2.45) is 0 Å². The molecule has 2 heterocycles. The number of rotatable bonds is 4. The van der Waals surface area contributed by atoms with E-state index in [9.17, 15) is 4.79 Å². The SMILES string of the molecule is COc1ccc(NC(=O)c2ccc(-n3ccnc3)nc2)c(Cl)c1. The molecule has 116 valence electrons.